The number of alkyl halides is 1. The van der Waals surface area contributed by atoms with Crippen LogP contribution >= 0.6 is 11.6 Å². The first-order chi connectivity index (χ1) is 9.31. The van der Waals surface area contributed by atoms with Crippen molar-refractivity contribution in [1.29, 1.82) is 0 Å². The summed E-state index contributed by atoms with van der Waals surface area (Å²) in [6.07, 6.45) is 1.84. The Kier molecular flexibility index (Phi) is 5.58. The van der Waals surface area contributed by atoms with E-state index in [4.69, 9.17) is 16.3 Å². The maximum Gasteiger partial charge on any atom is 0.0746 e. The van der Waals surface area contributed by atoms with Gasteiger partial charge >= 0.3 is 0 Å². The van der Waals surface area contributed by atoms with Crippen molar-refractivity contribution in [2.24, 2.45) is 0 Å². The van der Waals surface area contributed by atoms with Crippen LogP contribution in [0.4, 0.5) is 0 Å². The molecule has 1 aromatic carbocycles. The molecule has 1 heterocycles. The molecule has 0 aliphatic rings. The van der Waals surface area contributed by atoms with Gasteiger partial charge in [0.15, 0.2) is 0 Å². The minimum Gasteiger partial charge on any atom is -0.379 e. The number of rotatable bonds is 7. The Hall–Kier alpha value is -1.16. The second kappa shape index (κ2) is 7.43. The van der Waals surface area contributed by atoms with E-state index in [9.17, 15) is 0 Å². The van der Waals surface area contributed by atoms with Crippen molar-refractivity contribution >= 4 is 22.5 Å². The molecule has 1 aromatic heterocycles. The summed E-state index contributed by atoms with van der Waals surface area (Å²) in [7, 11) is 2.09. The zero-order valence-corrected chi connectivity index (χ0v) is 11.9. The number of ether oxygens (including phenoxy) is 1. The summed E-state index contributed by atoms with van der Waals surface area (Å²) in [4.78, 5) is 6.70. The molecule has 0 radical (unpaired) electrons. The predicted molar refractivity (Wildman–Crippen MR) is 79.6 cm³/mol. The zero-order chi connectivity index (χ0) is 13.5. The molecule has 0 spiro atoms. The summed E-state index contributed by atoms with van der Waals surface area (Å²) in [5.41, 5.74) is 2.33. The topological polar surface area (TPSA) is 25.4 Å². The van der Waals surface area contributed by atoms with Gasteiger partial charge in [0.2, 0.25) is 0 Å². The van der Waals surface area contributed by atoms with Gasteiger partial charge in [-0.1, -0.05) is 24.3 Å². The molecular formula is C15H19ClN2O. The minimum atomic E-state index is 0.553. The average molecular weight is 279 g/mol. The third-order valence-corrected chi connectivity index (χ3v) is 3.15. The first-order valence-corrected chi connectivity index (χ1v) is 6.99. The summed E-state index contributed by atoms with van der Waals surface area (Å²) in [6.45, 7) is 3.09. The Morgan fingerprint density at radius 2 is 2.05 bits per heavy atom. The monoisotopic (exact) mass is 278 g/mol. The van der Waals surface area contributed by atoms with Crippen LogP contribution in [0.2, 0.25) is 0 Å². The Bertz CT molecular complexity index is 513. The second-order valence-corrected chi connectivity index (χ2v) is 4.91. The number of hydrogen-bond donors (Lipinski definition) is 0. The number of fused-ring (bicyclic) bond motifs is 1. The Morgan fingerprint density at radius 1 is 1.21 bits per heavy atom. The minimum absolute atomic E-state index is 0.553. The van der Waals surface area contributed by atoms with Crippen molar-refractivity contribution < 1.29 is 4.74 Å². The number of aromatic nitrogens is 1. The van der Waals surface area contributed by atoms with E-state index in [1.807, 2.05) is 12.3 Å². The second-order valence-electron chi connectivity index (χ2n) is 4.53. The van der Waals surface area contributed by atoms with Crippen LogP contribution in [-0.4, -0.2) is 42.6 Å². The van der Waals surface area contributed by atoms with Crippen LogP contribution < -0.4 is 0 Å². The Labute approximate surface area is 119 Å². The first-order valence-electron chi connectivity index (χ1n) is 6.46. The molecule has 2 aromatic rings. The van der Waals surface area contributed by atoms with Crippen LogP contribution in [0, 0.1) is 0 Å². The lowest BCUT2D eigenvalue weighted by molar-refractivity contribution is 0.122. The smallest absolute Gasteiger partial charge is 0.0746 e. The van der Waals surface area contributed by atoms with Gasteiger partial charge in [0.25, 0.3) is 0 Å². The number of para-hydroxylation sites is 1. The van der Waals surface area contributed by atoms with Gasteiger partial charge in [-0.2, -0.15) is 0 Å². The van der Waals surface area contributed by atoms with Gasteiger partial charge in [0, 0.05) is 30.6 Å². The van der Waals surface area contributed by atoms with Crippen molar-refractivity contribution in [3.8, 4) is 0 Å². The van der Waals surface area contributed by atoms with E-state index < -0.39 is 0 Å². The average Bonchev–Trinajstić information content (AvgIpc) is 2.44. The summed E-state index contributed by atoms with van der Waals surface area (Å²) in [6, 6.07) is 10.4. The van der Waals surface area contributed by atoms with Crippen molar-refractivity contribution in [1.82, 2.24) is 9.88 Å². The third-order valence-electron chi connectivity index (χ3n) is 3.00. The molecule has 19 heavy (non-hydrogen) atoms. The molecule has 0 N–H and O–H groups in total. The molecule has 0 aliphatic carbocycles. The Balaban J connectivity index is 1.97. The van der Waals surface area contributed by atoms with E-state index in [1.165, 1.54) is 10.9 Å². The molecule has 0 saturated carbocycles. The Morgan fingerprint density at radius 3 is 2.89 bits per heavy atom. The highest BCUT2D eigenvalue weighted by atomic mass is 35.5. The van der Waals surface area contributed by atoms with Gasteiger partial charge in [-0.05, 0) is 18.7 Å². The maximum absolute atomic E-state index is 5.57. The van der Waals surface area contributed by atoms with Crippen molar-refractivity contribution in [2.45, 2.75) is 6.54 Å². The number of halogens is 1. The van der Waals surface area contributed by atoms with Crippen LogP contribution in [0.5, 0.6) is 0 Å². The van der Waals surface area contributed by atoms with E-state index in [2.05, 4.69) is 41.2 Å². The van der Waals surface area contributed by atoms with Crippen LogP contribution in [0.25, 0.3) is 10.9 Å². The highest BCUT2D eigenvalue weighted by Gasteiger charge is 2.05. The van der Waals surface area contributed by atoms with Gasteiger partial charge in [0.05, 0.1) is 18.7 Å². The highest BCUT2D eigenvalue weighted by molar-refractivity contribution is 6.17. The number of pyridine rings is 1. The van der Waals surface area contributed by atoms with E-state index in [0.717, 1.165) is 18.6 Å². The molecule has 2 rings (SSSR count). The largest absolute Gasteiger partial charge is 0.379 e. The van der Waals surface area contributed by atoms with Crippen LogP contribution in [0.1, 0.15) is 5.56 Å². The summed E-state index contributed by atoms with van der Waals surface area (Å²) in [5, 5.41) is 1.19. The van der Waals surface area contributed by atoms with E-state index in [-0.39, 0.29) is 0 Å². The molecule has 0 atom stereocenters. The number of benzene rings is 1. The fourth-order valence-corrected chi connectivity index (χ4v) is 2.15. The highest BCUT2D eigenvalue weighted by Crippen LogP contribution is 2.17. The molecule has 0 amide bonds. The molecule has 0 unspecified atom stereocenters. The van der Waals surface area contributed by atoms with Crippen LogP contribution in [0.15, 0.2) is 36.5 Å². The molecule has 0 aliphatic heterocycles. The van der Waals surface area contributed by atoms with Crippen LogP contribution in [0.3, 0.4) is 0 Å². The lowest BCUT2D eigenvalue weighted by Crippen LogP contribution is -2.23. The summed E-state index contributed by atoms with van der Waals surface area (Å²) < 4.78 is 5.39. The molecule has 102 valence electrons. The standard InChI is InChI=1S/C15H19ClN2O/c1-18(9-11-19-10-7-16)12-14-5-2-4-13-6-3-8-17-15(13)14/h2-6,8H,7,9-12H2,1H3. The molecular weight excluding hydrogens is 260 g/mol. The number of nitrogens with zero attached hydrogens (tertiary/aromatic N) is 2. The zero-order valence-electron chi connectivity index (χ0n) is 11.2. The van der Waals surface area contributed by atoms with Crippen molar-refractivity contribution in [2.75, 3.05) is 32.7 Å². The van der Waals surface area contributed by atoms with E-state index in [0.29, 0.717) is 19.1 Å². The van der Waals surface area contributed by atoms with Gasteiger partial charge in [-0.15, -0.1) is 11.6 Å². The quantitative estimate of drug-likeness (QED) is 0.575. The number of hydrogen-bond acceptors (Lipinski definition) is 3. The lowest BCUT2D eigenvalue weighted by Gasteiger charge is -2.17. The fraction of sp³-hybridized carbons (Fsp3) is 0.400. The van der Waals surface area contributed by atoms with Crippen molar-refractivity contribution in [3.63, 3.8) is 0 Å². The van der Waals surface area contributed by atoms with Crippen molar-refractivity contribution in [3.05, 3.63) is 42.1 Å². The third kappa shape index (κ3) is 4.16. The summed E-state index contributed by atoms with van der Waals surface area (Å²) >= 11 is 5.57. The van der Waals surface area contributed by atoms with Gasteiger partial charge < -0.3 is 4.74 Å². The molecule has 0 bridgehead atoms. The normalized spacial score (nSPS) is 11.3. The molecule has 0 saturated heterocycles. The van der Waals surface area contributed by atoms with Crippen LogP contribution in [-0.2, 0) is 11.3 Å². The maximum atomic E-state index is 5.57. The SMILES string of the molecule is CN(CCOCCCl)Cc1cccc2cccnc12. The molecule has 0 fully saturated rings. The first kappa shape index (κ1) is 14.3. The van der Waals surface area contributed by atoms with Gasteiger partial charge in [0.1, 0.15) is 0 Å². The molecule has 3 nitrogen and oxygen atoms in total. The number of likely N-dealkylation sites (N-methyl/N-ethyl adjacent to an activating group) is 1. The lowest BCUT2D eigenvalue weighted by atomic mass is 10.1. The van der Waals surface area contributed by atoms with E-state index in [1.54, 1.807) is 0 Å². The predicted octanol–water partition coefficient (Wildman–Crippen LogP) is 2.92. The van der Waals surface area contributed by atoms with Gasteiger partial charge in [-0.3, -0.25) is 9.88 Å². The van der Waals surface area contributed by atoms with Gasteiger partial charge in [-0.25, -0.2) is 0 Å². The fourth-order valence-electron chi connectivity index (χ4n) is 2.04. The summed E-state index contributed by atoms with van der Waals surface area (Å²) in [5.74, 6) is 0.553. The molecule has 4 heteroatoms. The van der Waals surface area contributed by atoms with E-state index >= 15 is 0 Å².